The average Bonchev–Trinajstić information content (AvgIpc) is 3.19. The van der Waals surface area contributed by atoms with Crippen molar-refractivity contribution in [2.24, 2.45) is 0 Å². The minimum absolute atomic E-state index is 0.0465. The number of carbonyl (C=O) groups is 2. The Labute approximate surface area is 196 Å². The lowest BCUT2D eigenvalue weighted by molar-refractivity contribution is -0.148. The predicted molar refractivity (Wildman–Crippen MR) is 124 cm³/mol. The Morgan fingerprint density at radius 3 is 2.66 bits per heavy atom. The van der Waals surface area contributed by atoms with Crippen molar-refractivity contribution in [2.45, 2.75) is 44.1 Å². The molecule has 32 heavy (non-hydrogen) atoms. The molecule has 1 fully saturated rings. The standard InChI is InChI=1S/C21H24ClN3O5S2/c1-14(30-20(26)9-6-16-13-31-15(2)23-16)21(27)24-19-12-17(7-8-18(19)22)32(28,29)25-10-4-3-5-11-25/h6-9,12-14H,3-5,10-11H2,1-2H3,(H,24,27)/b9-6+. The minimum atomic E-state index is -3.68. The van der Waals surface area contributed by atoms with E-state index in [0.29, 0.717) is 18.8 Å². The third kappa shape index (κ3) is 6.16. The molecular formula is C21H24ClN3O5S2. The van der Waals surface area contributed by atoms with Crippen molar-refractivity contribution in [1.82, 2.24) is 9.29 Å². The average molecular weight is 498 g/mol. The van der Waals surface area contributed by atoms with E-state index in [1.807, 2.05) is 6.92 Å². The van der Waals surface area contributed by atoms with Gasteiger partial charge in [0.15, 0.2) is 6.10 Å². The summed E-state index contributed by atoms with van der Waals surface area (Å²) in [6.45, 7) is 4.20. The van der Waals surface area contributed by atoms with Crippen molar-refractivity contribution in [3.05, 3.63) is 45.4 Å². The molecule has 1 aliphatic heterocycles. The Balaban J connectivity index is 1.65. The number of carbonyl (C=O) groups excluding carboxylic acids is 2. The fourth-order valence-electron chi connectivity index (χ4n) is 3.13. The monoisotopic (exact) mass is 497 g/mol. The molecule has 0 aliphatic carbocycles. The van der Waals surface area contributed by atoms with Crippen LogP contribution in [-0.2, 0) is 24.3 Å². The van der Waals surface area contributed by atoms with Gasteiger partial charge in [0.05, 0.1) is 26.3 Å². The molecule has 2 heterocycles. The molecule has 0 spiro atoms. The topological polar surface area (TPSA) is 106 Å². The molecule has 1 aromatic heterocycles. The van der Waals surface area contributed by atoms with Crippen molar-refractivity contribution < 1.29 is 22.7 Å². The van der Waals surface area contributed by atoms with Gasteiger partial charge < -0.3 is 10.1 Å². The van der Waals surface area contributed by atoms with E-state index in [-0.39, 0.29) is 15.6 Å². The molecule has 172 valence electrons. The van der Waals surface area contributed by atoms with Crippen molar-refractivity contribution in [1.29, 1.82) is 0 Å². The molecule has 1 unspecified atom stereocenters. The van der Waals surface area contributed by atoms with Crippen LogP contribution in [-0.4, -0.2) is 48.8 Å². The normalized spacial score (nSPS) is 16.1. The number of ether oxygens (including phenoxy) is 1. The Morgan fingerprint density at radius 2 is 2.00 bits per heavy atom. The molecule has 1 N–H and O–H groups in total. The maximum atomic E-state index is 12.9. The van der Waals surface area contributed by atoms with Gasteiger partial charge in [-0.05, 0) is 51.0 Å². The smallest absolute Gasteiger partial charge is 0.331 e. The van der Waals surface area contributed by atoms with Gasteiger partial charge in [-0.2, -0.15) is 4.31 Å². The highest BCUT2D eigenvalue weighted by molar-refractivity contribution is 7.89. The molecule has 1 aromatic carbocycles. The summed E-state index contributed by atoms with van der Waals surface area (Å²) in [5, 5.41) is 5.38. The summed E-state index contributed by atoms with van der Waals surface area (Å²) in [6, 6.07) is 4.16. The second-order valence-electron chi connectivity index (χ2n) is 7.30. The lowest BCUT2D eigenvalue weighted by atomic mass is 10.2. The van der Waals surface area contributed by atoms with Crippen LogP contribution in [0.2, 0.25) is 5.02 Å². The molecule has 2 aromatic rings. The van der Waals surface area contributed by atoms with Crippen LogP contribution in [0.15, 0.2) is 34.6 Å². The number of hydrogen-bond acceptors (Lipinski definition) is 7. The van der Waals surface area contributed by atoms with E-state index in [1.165, 1.54) is 52.9 Å². The van der Waals surface area contributed by atoms with Crippen LogP contribution in [0.25, 0.3) is 6.08 Å². The number of benzene rings is 1. The molecular weight excluding hydrogens is 474 g/mol. The fourth-order valence-corrected chi connectivity index (χ4v) is 5.42. The van der Waals surface area contributed by atoms with Crippen LogP contribution in [0.3, 0.4) is 0 Å². The van der Waals surface area contributed by atoms with Crippen LogP contribution in [0.5, 0.6) is 0 Å². The zero-order chi connectivity index (χ0) is 23.3. The van der Waals surface area contributed by atoms with E-state index in [9.17, 15) is 18.0 Å². The minimum Gasteiger partial charge on any atom is -0.449 e. The number of aromatic nitrogens is 1. The van der Waals surface area contributed by atoms with Gasteiger partial charge >= 0.3 is 5.97 Å². The van der Waals surface area contributed by atoms with Crippen molar-refractivity contribution in [3.8, 4) is 0 Å². The summed E-state index contributed by atoms with van der Waals surface area (Å²) in [5.74, 6) is -1.34. The lowest BCUT2D eigenvalue weighted by Gasteiger charge is -2.26. The zero-order valence-corrected chi connectivity index (χ0v) is 20.1. The summed E-state index contributed by atoms with van der Waals surface area (Å²) in [5.41, 5.74) is 0.756. The van der Waals surface area contributed by atoms with Gasteiger partial charge in [0.25, 0.3) is 5.91 Å². The largest absolute Gasteiger partial charge is 0.449 e. The number of thiazole rings is 1. The maximum Gasteiger partial charge on any atom is 0.331 e. The second kappa shape index (κ2) is 10.6. The molecule has 0 saturated carbocycles. The lowest BCUT2D eigenvalue weighted by Crippen LogP contribution is -2.35. The SMILES string of the molecule is Cc1nc(/C=C/C(=O)OC(C)C(=O)Nc2cc(S(=O)(=O)N3CCCCC3)ccc2Cl)cs1. The highest BCUT2D eigenvalue weighted by atomic mass is 35.5. The second-order valence-corrected chi connectivity index (χ2v) is 10.7. The first-order chi connectivity index (χ1) is 15.2. The number of piperidine rings is 1. The molecule has 1 saturated heterocycles. The van der Waals surface area contributed by atoms with E-state index >= 15 is 0 Å². The van der Waals surface area contributed by atoms with E-state index < -0.39 is 28.0 Å². The molecule has 1 atom stereocenters. The number of nitrogens with zero attached hydrogens (tertiary/aromatic N) is 2. The van der Waals surface area contributed by atoms with E-state index in [4.69, 9.17) is 16.3 Å². The number of hydrogen-bond donors (Lipinski definition) is 1. The Kier molecular flexibility index (Phi) is 8.05. The Morgan fingerprint density at radius 1 is 1.28 bits per heavy atom. The van der Waals surface area contributed by atoms with Crippen molar-refractivity contribution >= 4 is 56.6 Å². The van der Waals surface area contributed by atoms with Crippen LogP contribution in [0.1, 0.15) is 36.9 Å². The fraction of sp³-hybridized carbons (Fsp3) is 0.381. The number of esters is 1. The first-order valence-electron chi connectivity index (χ1n) is 10.1. The summed E-state index contributed by atoms with van der Waals surface area (Å²) in [6.07, 6.45) is 4.21. The van der Waals surface area contributed by atoms with Gasteiger partial charge in [-0.1, -0.05) is 18.0 Å². The maximum absolute atomic E-state index is 12.9. The number of sulfonamides is 1. The zero-order valence-electron chi connectivity index (χ0n) is 17.7. The Hall–Kier alpha value is -2.27. The molecule has 0 bridgehead atoms. The third-order valence-electron chi connectivity index (χ3n) is 4.84. The van der Waals surface area contributed by atoms with E-state index in [0.717, 1.165) is 24.3 Å². The van der Waals surface area contributed by atoms with Crippen LogP contribution >= 0.6 is 22.9 Å². The first-order valence-corrected chi connectivity index (χ1v) is 12.8. The Bertz CT molecular complexity index is 1120. The predicted octanol–water partition coefficient (Wildman–Crippen LogP) is 3.86. The van der Waals surface area contributed by atoms with Crippen LogP contribution in [0.4, 0.5) is 5.69 Å². The number of rotatable bonds is 7. The van der Waals surface area contributed by atoms with Gasteiger partial charge in [-0.15, -0.1) is 11.3 Å². The number of amides is 1. The molecule has 8 nitrogen and oxygen atoms in total. The number of anilines is 1. The van der Waals surface area contributed by atoms with Crippen molar-refractivity contribution in [2.75, 3.05) is 18.4 Å². The molecule has 11 heteroatoms. The summed E-state index contributed by atoms with van der Waals surface area (Å²) >= 11 is 7.61. The summed E-state index contributed by atoms with van der Waals surface area (Å²) in [7, 11) is -3.68. The van der Waals surface area contributed by atoms with Crippen molar-refractivity contribution in [3.63, 3.8) is 0 Å². The number of nitrogens with one attached hydrogen (secondary N) is 1. The summed E-state index contributed by atoms with van der Waals surface area (Å²) in [4.78, 5) is 28.7. The van der Waals surface area contributed by atoms with E-state index in [1.54, 1.807) is 5.38 Å². The number of aryl methyl sites for hydroxylation is 1. The quantitative estimate of drug-likeness (QED) is 0.460. The highest BCUT2D eigenvalue weighted by Crippen LogP contribution is 2.28. The van der Waals surface area contributed by atoms with Gasteiger partial charge in [0.2, 0.25) is 10.0 Å². The van der Waals surface area contributed by atoms with Gasteiger partial charge in [-0.3, -0.25) is 4.79 Å². The van der Waals surface area contributed by atoms with Crippen LogP contribution in [0, 0.1) is 6.92 Å². The first kappa shape index (κ1) is 24.4. The molecule has 3 rings (SSSR count). The van der Waals surface area contributed by atoms with Crippen LogP contribution < -0.4 is 5.32 Å². The molecule has 1 aliphatic rings. The molecule has 0 radical (unpaired) electrons. The number of halogens is 1. The van der Waals surface area contributed by atoms with Gasteiger partial charge in [0.1, 0.15) is 0 Å². The summed E-state index contributed by atoms with van der Waals surface area (Å²) < 4.78 is 32.3. The highest BCUT2D eigenvalue weighted by Gasteiger charge is 2.27. The van der Waals surface area contributed by atoms with E-state index in [2.05, 4.69) is 10.3 Å². The van der Waals surface area contributed by atoms with Gasteiger partial charge in [0, 0.05) is 24.5 Å². The molecule has 1 amide bonds. The third-order valence-corrected chi connectivity index (χ3v) is 7.85. The van der Waals surface area contributed by atoms with Gasteiger partial charge in [-0.25, -0.2) is 18.2 Å².